The number of fused-ring (bicyclic) bond motifs is 1. The van der Waals surface area contributed by atoms with Crippen LogP contribution in [0.4, 0.5) is 0 Å². The van der Waals surface area contributed by atoms with E-state index >= 15 is 0 Å². The van der Waals surface area contributed by atoms with Crippen molar-refractivity contribution in [2.45, 2.75) is 5.88 Å². The number of benzene rings is 1. The summed E-state index contributed by atoms with van der Waals surface area (Å²) in [6.07, 6.45) is 0. The summed E-state index contributed by atoms with van der Waals surface area (Å²) >= 11 is 19.4. The van der Waals surface area contributed by atoms with Gasteiger partial charge in [0.1, 0.15) is 0 Å². The molecule has 1 heterocycles. The third kappa shape index (κ3) is 1.55. The van der Waals surface area contributed by atoms with Crippen molar-refractivity contribution in [2.75, 3.05) is 0 Å². The first-order chi connectivity index (χ1) is 6.24. The molecule has 0 fully saturated rings. The van der Waals surface area contributed by atoms with Gasteiger partial charge in [-0.05, 0) is 11.6 Å². The maximum atomic E-state index is 6.02. The Kier molecular flexibility index (Phi) is 2.70. The van der Waals surface area contributed by atoms with Crippen LogP contribution in [0.15, 0.2) is 17.5 Å². The van der Waals surface area contributed by atoms with Crippen LogP contribution in [0.1, 0.15) is 5.56 Å². The van der Waals surface area contributed by atoms with E-state index in [0.29, 0.717) is 5.88 Å². The third-order valence-electron chi connectivity index (χ3n) is 1.86. The molecule has 0 saturated carbocycles. The molecule has 1 aromatic heterocycles. The smallest absolute Gasteiger partial charge is 0.0595 e. The second-order valence-corrected chi connectivity index (χ2v) is 4.59. The topological polar surface area (TPSA) is 0 Å². The fourth-order valence-electron chi connectivity index (χ4n) is 1.26. The van der Waals surface area contributed by atoms with Crippen LogP contribution < -0.4 is 0 Å². The minimum absolute atomic E-state index is 0.462. The molecule has 0 aliphatic carbocycles. The molecule has 0 aliphatic rings. The molecule has 0 N–H and O–H groups in total. The van der Waals surface area contributed by atoms with Gasteiger partial charge in [-0.3, -0.25) is 0 Å². The van der Waals surface area contributed by atoms with Crippen LogP contribution in [-0.4, -0.2) is 0 Å². The Balaban J connectivity index is 2.88. The Bertz CT molecular complexity index is 447. The highest BCUT2D eigenvalue weighted by Crippen LogP contribution is 2.37. The molecule has 0 nitrogen and oxygen atoms in total. The van der Waals surface area contributed by atoms with Crippen molar-refractivity contribution in [3.63, 3.8) is 0 Å². The van der Waals surface area contributed by atoms with Gasteiger partial charge >= 0.3 is 0 Å². The quantitative estimate of drug-likeness (QED) is 0.629. The van der Waals surface area contributed by atoms with Crippen LogP contribution >= 0.6 is 46.1 Å². The van der Waals surface area contributed by atoms with Crippen molar-refractivity contribution in [1.29, 1.82) is 0 Å². The van der Waals surface area contributed by atoms with Gasteiger partial charge in [0.25, 0.3) is 0 Å². The summed E-state index contributed by atoms with van der Waals surface area (Å²) in [4.78, 5) is 0. The van der Waals surface area contributed by atoms with Crippen molar-refractivity contribution in [1.82, 2.24) is 0 Å². The van der Waals surface area contributed by atoms with Crippen LogP contribution in [0.5, 0.6) is 0 Å². The molecule has 13 heavy (non-hydrogen) atoms. The molecular formula is C9H5Cl3S. The molecule has 0 bridgehead atoms. The summed E-state index contributed by atoms with van der Waals surface area (Å²) < 4.78 is 1.02. The lowest BCUT2D eigenvalue weighted by Gasteiger charge is -2.00. The average molecular weight is 252 g/mol. The van der Waals surface area contributed by atoms with Gasteiger partial charge in [0.2, 0.25) is 0 Å². The largest absolute Gasteiger partial charge is 0.141 e. The predicted molar refractivity (Wildman–Crippen MR) is 61.4 cm³/mol. The fourth-order valence-corrected chi connectivity index (χ4v) is 3.05. The van der Waals surface area contributed by atoms with Crippen molar-refractivity contribution in [2.24, 2.45) is 0 Å². The second kappa shape index (κ2) is 3.66. The summed E-state index contributed by atoms with van der Waals surface area (Å²) in [7, 11) is 0. The molecule has 0 spiro atoms. The van der Waals surface area contributed by atoms with E-state index < -0.39 is 0 Å². The number of hydrogen-bond donors (Lipinski definition) is 0. The molecule has 0 radical (unpaired) electrons. The standard InChI is InChI=1S/C9H5Cl3S/c10-3-5-1-2-6(11)9-8(5)7(12)4-13-9/h1-2,4H,3H2. The van der Waals surface area contributed by atoms with E-state index in [9.17, 15) is 0 Å². The Hall–Kier alpha value is 0.0500. The van der Waals surface area contributed by atoms with Gasteiger partial charge in [-0.1, -0.05) is 29.3 Å². The van der Waals surface area contributed by atoms with Crippen LogP contribution in [0.25, 0.3) is 10.1 Å². The first-order valence-electron chi connectivity index (χ1n) is 3.64. The minimum atomic E-state index is 0.462. The molecule has 68 valence electrons. The number of thiophene rings is 1. The van der Waals surface area contributed by atoms with Gasteiger partial charge in [-0.15, -0.1) is 22.9 Å². The summed E-state index contributed by atoms with van der Waals surface area (Å²) in [5.74, 6) is 0.462. The second-order valence-electron chi connectivity index (χ2n) is 2.63. The van der Waals surface area contributed by atoms with E-state index in [1.165, 1.54) is 0 Å². The average Bonchev–Trinajstić information content (AvgIpc) is 2.51. The predicted octanol–water partition coefficient (Wildman–Crippen LogP) is 4.95. The molecule has 0 unspecified atom stereocenters. The zero-order valence-electron chi connectivity index (χ0n) is 6.48. The Morgan fingerprint density at radius 1 is 1.15 bits per heavy atom. The zero-order chi connectivity index (χ0) is 9.42. The SMILES string of the molecule is ClCc1ccc(Cl)c2scc(Cl)c12. The molecular weight excluding hydrogens is 247 g/mol. The van der Waals surface area contributed by atoms with Gasteiger partial charge in [0.05, 0.1) is 14.7 Å². The molecule has 2 rings (SSSR count). The van der Waals surface area contributed by atoms with E-state index in [0.717, 1.165) is 25.7 Å². The first-order valence-corrected chi connectivity index (χ1v) is 5.81. The fraction of sp³-hybridized carbons (Fsp3) is 0.111. The van der Waals surface area contributed by atoms with Crippen molar-refractivity contribution in [3.8, 4) is 0 Å². The summed E-state index contributed by atoms with van der Waals surface area (Å²) in [6, 6.07) is 3.77. The maximum absolute atomic E-state index is 6.02. The lowest BCUT2D eigenvalue weighted by atomic mass is 10.1. The molecule has 2 aromatic rings. The Morgan fingerprint density at radius 2 is 1.92 bits per heavy atom. The van der Waals surface area contributed by atoms with E-state index in [1.807, 2.05) is 17.5 Å². The number of halogens is 3. The summed E-state index contributed by atoms with van der Waals surface area (Å²) in [5.41, 5.74) is 1.03. The van der Waals surface area contributed by atoms with E-state index in [-0.39, 0.29) is 0 Å². The van der Waals surface area contributed by atoms with Crippen molar-refractivity contribution < 1.29 is 0 Å². The maximum Gasteiger partial charge on any atom is 0.0595 e. The van der Waals surface area contributed by atoms with Gasteiger partial charge in [-0.2, -0.15) is 0 Å². The molecule has 0 saturated heterocycles. The van der Waals surface area contributed by atoms with Gasteiger partial charge < -0.3 is 0 Å². The van der Waals surface area contributed by atoms with Crippen LogP contribution in [0.3, 0.4) is 0 Å². The monoisotopic (exact) mass is 250 g/mol. The molecule has 0 atom stereocenters. The number of rotatable bonds is 1. The van der Waals surface area contributed by atoms with Crippen LogP contribution in [0, 0.1) is 0 Å². The highest BCUT2D eigenvalue weighted by atomic mass is 35.5. The Labute approximate surface area is 95.0 Å². The van der Waals surface area contributed by atoms with Crippen LogP contribution in [0.2, 0.25) is 10.0 Å². The zero-order valence-corrected chi connectivity index (χ0v) is 9.57. The normalized spacial score (nSPS) is 11.0. The van der Waals surface area contributed by atoms with Gasteiger partial charge in [0, 0.05) is 16.6 Å². The summed E-state index contributed by atoms with van der Waals surface area (Å²) in [6.45, 7) is 0. The highest BCUT2D eigenvalue weighted by molar-refractivity contribution is 7.18. The van der Waals surface area contributed by atoms with E-state index in [2.05, 4.69) is 0 Å². The molecule has 4 heteroatoms. The van der Waals surface area contributed by atoms with E-state index in [4.69, 9.17) is 34.8 Å². The van der Waals surface area contributed by atoms with Crippen LogP contribution in [-0.2, 0) is 5.88 Å². The lowest BCUT2D eigenvalue weighted by molar-refractivity contribution is 1.46. The van der Waals surface area contributed by atoms with Gasteiger partial charge in [-0.25, -0.2) is 0 Å². The first kappa shape index (κ1) is 9.60. The molecule has 0 aliphatic heterocycles. The third-order valence-corrected chi connectivity index (χ3v) is 4.01. The molecule has 0 amide bonds. The molecule has 1 aromatic carbocycles. The Morgan fingerprint density at radius 3 is 2.62 bits per heavy atom. The lowest BCUT2D eigenvalue weighted by Crippen LogP contribution is -1.79. The van der Waals surface area contributed by atoms with Crippen molar-refractivity contribution in [3.05, 3.63) is 33.1 Å². The van der Waals surface area contributed by atoms with Crippen molar-refractivity contribution >= 4 is 56.2 Å². The van der Waals surface area contributed by atoms with E-state index in [1.54, 1.807) is 11.3 Å². The minimum Gasteiger partial charge on any atom is -0.141 e. The van der Waals surface area contributed by atoms with Gasteiger partial charge in [0.15, 0.2) is 0 Å². The number of hydrogen-bond acceptors (Lipinski definition) is 1. The summed E-state index contributed by atoms with van der Waals surface area (Å²) in [5, 5.41) is 4.35. The number of alkyl halides is 1. The highest BCUT2D eigenvalue weighted by Gasteiger charge is 2.09.